The minimum Gasteiger partial charge on any atom is -0.351 e. The van der Waals surface area contributed by atoms with E-state index in [0.717, 1.165) is 19.4 Å². The van der Waals surface area contributed by atoms with E-state index < -0.39 is 0 Å². The minimum atomic E-state index is 0.00988. The van der Waals surface area contributed by atoms with Crippen molar-refractivity contribution in [3.05, 3.63) is 71.3 Å². The molecule has 1 atom stereocenters. The lowest BCUT2D eigenvalue weighted by molar-refractivity contribution is -0.695. The molecular formula is C18H21N2O+. The van der Waals surface area contributed by atoms with E-state index in [2.05, 4.69) is 47.0 Å². The molecule has 0 aromatic heterocycles. The zero-order valence-electron chi connectivity index (χ0n) is 12.1. The van der Waals surface area contributed by atoms with E-state index in [1.807, 2.05) is 18.2 Å². The van der Waals surface area contributed by atoms with Gasteiger partial charge in [0.25, 0.3) is 5.91 Å². The lowest BCUT2D eigenvalue weighted by Crippen LogP contribution is -2.93. The Bertz CT molecular complexity index is 610. The van der Waals surface area contributed by atoms with Gasteiger partial charge in [-0.2, -0.15) is 0 Å². The highest BCUT2D eigenvalue weighted by molar-refractivity contribution is 5.80. The topological polar surface area (TPSA) is 45.7 Å². The molecule has 3 rings (SSSR count). The van der Waals surface area contributed by atoms with Crippen LogP contribution in [0.2, 0.25) is 0 Å². The number of quaternary nitrogens is 1. The molecule has 0 aliphatic carbocycles. The molecule has 3 nitrogen and oxygen atoms in total. The zero-order chi connectivity index (χ0) is 14.5. The first-order chi connectivity index (χ1) is 10.3. The molecule has 0 fully saturated rings. The summed E-state index contributed by atoms with van der Waals surface area (Å²) in [6.07, 6.45) is 1.71. The third-order valence-electron chi connectivity index (χ3n) is 4.07. The normalized spacial score (nSPS) is 17.0. The molecule has 1 aliphatic rings. The number of rotatable bonds is 4. The summed E-state index contributed by atoms with van der Waals surface area (Å²) in [6.45, 7) is 1.60. The SMILES string of the molecule is O=C(NCCc1ccccc1)[C@@H]1Cc2ccccc2C[NH2+]1. The molecule has 108 valence electrons. The Balaban J connectivity index is 1.50. The average Bonchev–Trinajstić information content (AvgIpc) is 2.55. The monoisotopic (exact) mass is 281 g/mol. The maximum atomic E-state index is 12.3. The van der Waals surface area contributed by atoms with Gasteiger partial charge in [0.2, 0.25) is 0 Å². The number of nitrogens with two attached hydrogens (primary N) is 1. The van der Waals surface area contributed by atoms with Crippen molar-refractivity contribution >= 4 is 5.91 Å². The fraction of sp³-hybridized carbons (Fsp3) is 0.278. The third kappa shape index (κ3) is 3.50. The van der Waals surface area contributed by atoms with Crippen LogP contribution in [-0.2, 0) is 24.2 Å². The van der Waals surface area contributed by atoms with Crippen molar-refractivity contribution in [1.29, 1.82) is 0 Å². The predicted octanol–water partition coefficient (Wildman–Crippen LogP) is 1.03. The van der Waals surface area contributed by atoms with Gasteiger partial charge < -0.3 is 10.6 Å². The van der Waals surface area contributed by atoms with E-state index in [9.17, 15) is 4.79 Å². The Hall–Kier alpha value is -2.13. The van der Waals surface area contributed by atoms with E-state index in [1.54, 1.807) is 0 Å². The van der Waals surface area contributed by atoms with E-state index in [4.69, 9.17) is 0 Å². The number of carbonyl (C=O) groups excluding carboxylic acids is 1. The first-order valence-corrected chi connectivity index (χ1v) is 7.54. The summed E-state index contributed by atoms with van der Waals surface area (Å²) in [5.74, 6) is 0.153. The van der Waals surface area contributed by atoms with Crippen LogP contribution in [0, 0.1) is 0 Å². The molecule has 21 heavy (non-hydrogen) atoms. The number of nitrogens with one attached hydrogen (secondary N) is 1. The van der Waals surface area contributed by atoms with Gasteiger partial charge in [0.15, 0.2) is 6.04 Å². The molecule has 0 unspecified atom stereocenters. The van der Waals surface area contributed by atoms with Crippen molar-refractivity contribution in [3.63, 3.8) is 0 Å². The summed E-state index contributed by atoms with van der Waals surface area (Å²) in [7, 11) is 0. The van der Waals surface area contributed by atoms with Crippen LogP contribution in [0.15, 0.2) is 54.6 Å². The molecule has 1 heterocycles. The van der Waals surface area contributed by atoms with Crippen LogP contribution in [0.1, 0.15) is 16.7 Å². The van der Waals surface area contributed by atoms with Crippen LogP contribution >= 0.6 is 0 Å². The number of hydrogen-bond donors (Lipinski definition) is 2. The van der Waals surface area contributed by atoms with Gasteiger partial charge in [0, 0.05) is 18.5 Å². The molecule has 0 saturated heterocycles. The van der Waals surface area contributed by atoms with Gasteiger partial charge in [-0.15, -0.1) is 0 Å². The van der Waals surface area contributed by atoms with E-state index in [1.165, 1.54) is 16.7 Å². The fourth-order valence-electron chi connectivity index (χ4n) is 2.85. The summed E-state index contributed by atoms with van der Waals surface area (Å²) in [5, 5.41) is 5.20. The highest BCUT2D eigenvalue weighted by Crippen LogP contribution is 2.12. The number of amides is 1. The van der Waals surface area contributed by atoms with Crippen LogP contribution in [-0.4, -0.2) is 18.5 Å². The van der Waals surface area contributed by atoms with Gasteiger partial charge in [0.05, 0.1) is 0 Å². The summed E-state index contributed by atoms with van der Waals surface area (Å²) < 4.78 is 0. The minimum absolute atomic E-state index is 0.00988. The van der Waals surface area contributed by atoms with Crippen molar-refractivity contribution < 1.29 is 10.1 Å². The van der Waals surface area contributed by atoms with Crippen molar-refractivity contribution in [1.82, 2.24) is 5.32 Å². The summed E-state index contributed by atoms with van der Waals surface area (Å²) in [6, 6.07) is 18.7. The number of benzene rings is 2. The van der Waals surface area contributed by atoms with E-state index in [-0.39, 0.29) is 11.9 Å². The molecule has 0 saturated carbocycles. The van der Waals surface area contributed by atoms with Gasteiger partial charge in [-0.1, -0.05) is 54.6 Å². The standard InChI is InChI=1S/C18H20N2O/c21-18(19-11-10-14-6-2-1-3-7-14)17-12-15-8-4-5-9-16(15)13-20-17/h1-9,17,20H,10-13H2,(H,19,21)/p+1/t17-/m0/s1. The summed E-state index contributed by atoms with van der Waals surface area (Å²) in [5.41, 5.74) is 3.92. The maximum absolute atomic E-state index is 12.3. The second-order valence-electron chi connectivity index (χ2n) is 5.55. The highest BCUT2D eigenvalue weighted by Gasteiger charge is 2.27. The molecular weight excluding hydrogens is 260 g/mol. The van der Waals surface area contributed by atoms with Gasteiger partial charge >= 0.3 is 0 Å². The van der Waals surface area contributed by atoms with Gasteiger partial charge in [0.1, 0.15) is 6.54 Å². The first kappa shape index (κ1) is 13.8. The second-order valence-corrected chi connectivity index (χ2v) is 5.55. The number of fused-ring (bicyclic) bond motifs is 1. The van der Waals surface area contributed by atoms with Gasteiger partial charge in [-0.3, -0.25) is 4.79 Å². The smallest absolute Gasteiger partial charge is 0.278 e. The number of hydrogen-bond acceptors (Lipinski definition) is 1. The van der Waals surface area contributed by atoms with Gasteiger partial charge in [-0.05, 0) is 17.5 Å². The molecule has 0 spiro atoms. The first-order valence-electron chi connectivity index (χ1n) is 7.54. The average molecular weight is 281 g/mol. The van der Waals surface area contributed by atoms with Crippen molar-refractivity contribution in [2.75, 3.05) is 6.54 Å². The Morgan fingerprint density at radius 3 is 2.57 bits per heavy atom. The quantitative estimate of drug-likeness (QED) is 0.864. The Labute approximate surface area is 125 Å². The third-order valence-corrected chi connectivity index (χ3v) is 4.07. The lowest BCUT2D eigenvalue weighted by atomic mass is 9.95. The summed E-state index contributed by atoms with van der Waals surface area (Å²) in [4.78, 5) is 12.3. The molecule has 2 aromatic carbocycles. The molecule has 2 aromatic rings. The predicted molar refractivity (Wildman–Crippen MR) is 82.7 cm³/mol. The molecule has 0 radical (unpaired) electrons. The van der Waals surface area contributed by atoms with Crippen LogP contribution in [0.5, 0.6) is 0 Å². The lowest BCUT2D eigenvalue weighted by Gasteiger charge is -2.22. The van der Waals surface area contributed by atoms with Crippen molar-refractivity contribution in [3.8, 4) is 0 Å². The second kappa shape index (κ2) is 6.55. The van der Waals surface area contributed by atoms with Crippen LogP contribution in [0.25, 0.3) is 0 Å². The largest absolute Gasteiger partial charge is 0.351 e. The Morgan fingerprint density at radius 2 is 1.76 bits per heavy atom. The van der Waals surface area contributed by atoms with Crippen molar-refractivity contribution in [2.45, 2.75) is 25.4 Å². The maximum Gasteiger partial charge on any atom is 0.278 e. The van der Waals surface area contributed by atoms with E-state index in [0.29, 0.717) is 6.54 Å². The Kier molecular flexibility index (Phi) is 4.31. The zero-order valence-corrected chi connectivity index (χ0v) is 12.1. The van der Waals surface area contributed by atoms with Crippen LogP contribution in [0.3, 0.4) is 0 Å². The van der Waals surface area contributed by atoms with Crippen LogP contribution in [0.4, 0.5) is 0 Å². The summed E-state index contributed by atoms with van der Waals surface area (Å²) >= 11 is 0. The molecule has 1 amide bonds. The fourth-order valence-corrected chi connectivity index (χ4v) is 2.85. The molecule has 3 heteroatoms. The molecule has 1 aliphatic heterocycles. The van der Waals surface area contributed by atoms with Crippen molar-refractivity contribution in [2.24, 2.45) is 0 Å². The molecule has 0 bridgehead atoms. The van der Waals surface area contributed by atoms with E-state index >= 15 is 0 Å². The van der Waals surface area contributed by atoms with Gasteiger partial charge in [-0.25, -0.2) is 0 Å². The Morgan fingerprint density at radius 1 is 1.05 bits per heavy atom. The van der Waals surface area contributed by atoms with Crippen LogP contribution < -0.4 is 10.6 Å². The molecule has 3 N–H and O–H groups in total. The number of carbonyl (C=O) groups is 1. The highest BCUT2D eigenvalue weighted by atomic mass is 16.2.